The number of rotatable bonds is 7. The van der Waals surface area contributed by atoms with Crippen LogP contribution in [0.2, 0.25) is 0 Å². The molecule has 5 nitrogen and oxygen atoms in total. The topological polar surface area (TPSA) is 49.9 Å². The zero-order chi connectivity index (χ0) is 20.6. The molecule has 5 heteroatoms. The van der Waals surface area contributed by atoms with Gasteiger partial charge in [-0.1, -0.05) is 48.0 Å². The van der Waals surface area contributed by atoms with E-state index in [2.05, 4.69) is 0 Å². The highest BCUT2D eigenvalue weighted by Gasteiger charge is 2.29. The number of piperidine rings is 1. The summed E-state index contributed by atoms with van der Waals surface area (Å²) in [5.41, 5.74) is 2.30. The highest BCUT2D eigenvalue weighted by molar-refractivity contribution is 5.80. The molecule has 2 aromatic rings. The summed E-state index contributed by atoms with van der Waals surface area (Å²) >= 11 is 0. The number of nitrogens with zero attached hydrogens (tertiary/aromatic N) is 2. The third-order valence-electron chi connectivity index (χ3n) is 5.49. The lowest BCUT2D eigenvalue weighted by Gasteiger charge is -2.34. The van der Waals surface area contributed by atoms with Crippen LogP contribution in [0, 0.1) is 12.8 Å². The molecule has 29 heavy (non-hydrogen) atoms. The molecule has 1 saturated heterocycles. The maximum Gasteiger partial charge on any atom is 0.260 e. The molecule has 1 heterocycles. The normalized spacial score (nSPS) is 14.5. The van der Waals surface area contributed by atoms with E-state index in [0.29, 0.717) is 44.8 Å². The van der Waals surface area contributed by atoms with Crippen molar-refractivity contribution < 1.29 is 14.3 Å². The van der Waals surface area contributed by atoms with Crippen LogP contribution in [0.3, 0.4) is 0 Å². The number of ether oxygens (including phenoxy) is 1. The number of carbonyl (C=O) groups is 2. The Balaban J connectivity index is 1.46. The average Bonchev–Trinajstić information content (AvgIpc) is 2.77. The predicted molar refractivity (Wildman–Crippen MR) is 114 cm³/mol. The number of amides is 2. The lowest BCUT2D eigenvalue weighted by Crippen LogP contribution is -2.45. The van der Waals surface area contributed by atoms with Crippen LogP contribution in [0.1, 0.15) is 30.9 Å². The minimum atomic E-state index is -0.0203. The highest BCUT2D eigenvalue weighted by Crippen LogP contribution is 2.21. The van der Waals surface area contributed by atoms with E-state index in [9.17, 15) is 9.59 Å². The van der Waals surface area contributed by atoms with Crippen molar-refractivity contribution in [2.24, 2.45) is 5.92 Å². The van der Waals surface area contributed by atoms with Crippen molar-refractivity contribution in [3.63, 3.8) is 0 Å². The molecule has 0 unspecified atom stereocenters. The maximum atomic E-state index is 12.9. The van der Waals surface area contributed by atoms with Crippen LogP contribution in [0.4, 0.5) is 0 Å². The van der Waals surface area contributed by atoms with E-state index in [1.165, 1.54) is 0 Å². The van der Waals surface area contributed by atoms with Gasteiger partial charge in [0, 0.05) is 32.1 Å². The van der Waals surface area contributed by atoms with E-state index in [-0.39, 0.29) is 24.3 Å². The van der Waals surface area contributed by atoms with Gasteiger partial charge < -0.3 is 14.5 Å². The third-order valence-corrected chi connectivity index (χ3v) is 5.49. The zero-order valence-corrected chi connectivity index (χ0v) is 17.3. The summed E-state index contributed by atoms with van der Waals surface area (Å²) in [5, 5.41) is 0. The van der Waals surface area contributed by atoms with Crippen molar-refractivity contribution in [3.8, 4) is 5.75 Å². The second-order valence-electron chi connectivity index (χ2n) is 7.59. The van der Waals surface area contributed by atoms with Gasteiger partial charge in [0.25, 0.3) is 5.91 Å². The molecule has 0 N–H and O–H groups in total. The zero-order valence-electron chi connectivity index (χ0n) is 17.3. The highest BCUT2D eigenvalue weighted by atomic mass is 16.5. The van der Waals surface area contributed by atoms with Gasteiger partial charge in [-0.25, -0.2) is 0 Å². The molecule has 0 spiro atoms. The molecule has 154 valence electrons. The first-order valence-corrected chi connectivity index (χ1v) is 10.4. The molecular weight excluding hydrogens is 364 g/mol. The van der Waals surface area contributed by atoms with Gasteiger partial charge in [-0.05, 0) is 44.4 Å². The standard InChI is InChI=1S/C24H30N2O3/c1-3-25(17-20-7-5-4-6-8-20)24(28)21-13-15-26(16-14-21)23(27)18-29-22-11-9-19(2)10-12-22/h4-12,21H,3,13-18H2,1-2H3. The number of hydrogen-bond acceptors (Lipinski definition) is 3. The summed E-state index contributed by atoms with van der Waals surface area (Å²) in [7, 11) is 0. The van der Waals surface area contributed by atoms with Gasteiger partial charge in [0.2, 0.25) is 5.91 Å². The SMILES string of the molecule is CCN(Cc1ccccc1)C(=O)C1CCN(C(=O)COc2ccc(C)cc2)CC1. The molecule has 0 bridgehead atoms. The summed E-state index contributed by atoms with van der Waals surface area (Å²) in [6.45, 7) is 6.61. The molecule has 1 fully saturated rings. The first kappa shape index (κ1) is 20.9. The third kappa shape index (κ3) is 5.83. The Morgan fingerprint density at radius 2 is 1.69 bits per heavy atom. The van der Waals surface area contributed by atoms with Crippen molar-refractivity contribution in [2.45, 2.75) is 33.2 Å². The van der Waals surface area contributed by atoms with Gasteiger partial charge >= 0.3 is 0 Å². The quantitative estimate of drug-likeness (QED) is 0.720. The molecule has 1 aliphatic heterocycles. The van der Waals surface area contributed by atoms with E-state index >= 15 is 0 Å². The maximum absolute atomic E-state index is 12.9. The van der Waals surface area contributed by atoms with E-state index in [1.807, 2.05) is 78.2 Å². The van der Waals surface area contributed by atoms with Crippen molar-refractivity contribution >= 4 is 11.8 Å². The van der Waals surface area contributed by atoms with E-state index in [4.69, 9.17) is 4.74 Å². The van der Waals surface area contributed by atoms with Crippen LogP contribution in [-0.4, -0.2) is 47.9 Å². The second kappa shape index (κ2) is 10.1. The minimum absolute atomic E-state index is 0.0132. The number of aryl methyl sites for hydroxylation is 1. The van der Waals surface area contributed by atoms with Crippen LogP contribution < -0.4 is 4.74 Å². The Morgan fingerprint density at radius 1 is 1.03 bits per heavy atom. The summed E-state index contributed by atoms with van der Waals surface area (Å²) in [6.07, 6.45) is 1.42. The number of likely N-dealkylation sites (tertiary alicyclic amines) is 1. The van der Waals surface area contributed by atoms with Crippen LogP contribution in [0.5, 0.6) is 5.75 Å². The lowest BCUT2D eigenvalue weighted by molar-refractivity contribution is -0.141. The molecule has 0 radical (unpaired) electrons. The van der Waals surface area contributed by atoms with Crippen LogP contribution >= 0.6 is 0 Å². The number of hydrogen-bond donors (Lipinski definition) is 0. The summed E-state index contributed by atoms with van der Waals surface area (Å²) in [6, 6.07) is 17.7. The first-order valence-electron chi connectivity index (χ1n) is 10.4. The summed E-state index contributed by atoms with van der Waals surface area (Å²) in [4.78, 5) is 29.1. The van der Waals surface area contributed by atoms with Crippen molar-refractivity contribution in [1.82, 2.24) is 9.80 Å². The van der Waals surface area contributed by atoms with Gasteiger partial charge in [0.05, 0.1) is 0 Å². The monoisotopic (exact) mass is 394 g/mol. The molecule has 0 atom stereocenters. The van der Waals surface area contributed by atoms with Gasteiger partial charge in [-0.2, -0.15) is 0 Å². The van der Waals surface area contributed by atoms with E-state index in [1.54, 1.807) is 0 Å². The molecule has 0 aliphatic carbocycles. The van der Waals surface area contributed by atoms with Crippen LogP contribution in [0.15, 0.2) is 54.6 Å². The lowest BCUT2D eigenvalue weighted by atomic mass is 9.95. The van der Waals surface area contributed by atoms with Gasteiger partial charge in [-0.15, -0.1) is 0 Å². The fraction of sp³-hybridized carbons (Fsp3) is 0.417. The largest absolute Gasteiger partial charge is 0.484 e. The second-order valence-corrected chi connectivity index (χ2v) is 7.59. The molecule has 2 aromatic carbocycles. The number of benzene rings is 2. The Bertz CT molecular complexity index is 797. The van der Waals surface area contributed by atoms with Gasteiger partial charge in [-0.3, -0.25) is 9.59 Å². The average molecular weight is 395 g/mol. The Morgan fingerprint density at radius 3 is 2.31 bits per heavy atom. The molecule has 1 aliphatic rings. The fourth-order valence-corrected chi connectivity index (χ4v) is 3.65. The van der Waals surface area contributed by atoms with Crippen molar-refractivity contribution in [1.29, 1.82) is 0 Å². The van der Waals surface area contributed by atoms with Crippen LogP contribution in [0.25, 0.3) is 0 Å². The molecule has 2 amide bonds. The van der Waals surface area contributed by atoms with Crippen molar-refractivity contribution in [3.05, 3.63) is 65.7 Å². The first-order chi connectivity index (χ1) is 14.1. The Labute approximate surface area is 173 Å². The molecule has 0 aromatic heterocycles. The number of carbonyl (C=O) groups excluding carboxylic acids is 2. The van der Waals surface area contributed by atoms with E-state index < -0.39 is 0 Å². The molecule has 0 saturated carbocycles. The van der Waals surface area contributed by atoms with Gasteiger partial charge in [0.1, 0.15) is 5.75 Å². The van der Waals surface area contributed by atoms with Gasteiger partial charge in [0.15, 0.2) is 6.61 Å². The summed E-state index contributed by atoms with van der Waals surface area (Å²) < 4.78 is 5.61. The minimum Gasteiger partial charge on any atom is -0.484 e. The molecule has 3 rings (SSSR count). The Hall–Kier alpha value is -2.82. The smallest absolute Gasteiger partial charge is 0.260 e. The van der Waals surface area contributed by atoms with Crippen molar-refractivity contribution in [2.75, 3.05) is 26.2 Å². The predicted octanol–water partition coefficient (Wildman–Crippen LogP) is 3.66. The molecular formula is C24H30N2O3. The fourth-order valence-electron chi connectivity index (χ4n) is 3.65. The summed E-state index contributed by atoms with van der Waals surface area (Å²) in [5.74, 6) is 0.863. The Kier molecular flexibility index (Phi) is 7.28. The van der Waals surface area contributed by atoms with Crippen LogP contribution in [-0.2, 0) is 16.1 Å². The van der Waals surface area contributed by atoms with E-state index in [0.717, 1.165) is 11.1 Å².